The predicted molar refractivity (Wildman–Crippen MR) is 94.0 cm³/mol. The van der Waals surface area contributed by atoms with Gasteiger partial charge < -0.3 is 16.0 Å². The quantitative estimate of drug-likeness (QED) is 0.651. The molecule has 5 heteroatoms. The molecule has 0 fully saturated rings. The molecular weight excluding hydrogens is 290 g/mol. The Morgan fingerprint density at radius 3 is 2.48 bits per heavy atom. The van der Waals surface area contributed by atoms with Gasteiger partial charge in [0.25, 0.3) is 0 Å². The lowest BCUT2D eigenvalue weighted by Crippen LogP contribution is -2.28. The van der Waals surface area contributed by atoms with Gasteiger partial charge in [0.2, 0.25) is 11.8 Å². The Morgan fingerprint density at radius 2 is 1.83 bits per heavy atom. The summed E-state index contributed by atoms with van der Waals surface area (Å²) in [5.74, 6) is 0.0598. The molecule has 1 aromatic rings. The number of anilines is 1. The van der Waals surface area contributed by atoms with Crippen molar-refractivity contribution in [3.05, 3.63) is 29.8 Å². The lowest BCUT2D eigenvalue weighted by atomic mass is 10.1. The number of nitrogens with zero attached hydrogens (tertiary/aromatic N) is 1. The number of nitrogens with one attached hydrogen (secondary N) is 1. The molecule has 0 bridgehead atoms. The predicted octanol–water partition coefficient (Wildman–Crippen LogP) is 2.90. The Balaban J connectivity index is 2.56. The van der Waals surface area contributed by atoms with Crippen LogP contribution in [0.4, 0.5) is 5.69 Å². The number of hydrogen-bond acceptors (Lipinski definition) is 3. The first-order valence-corrected chi connectivity index (χ1v) is 8.41. The summed E-state index contributed by atoms with van der Waals surface area (Å²) in [6.45, 7) is 5.39. The molecule has 0 aromatic heterocycles. The molecule has 0 radical (unpaired) electrons. The van der Waals surface area contributed by atoms with E-state index in [2.05, 4.69) is 5.32 Å². The van der Waals surface area contributed by atoms with Crippen molar-refractivity contribution in [3.8, 4) is 0 Å². The van der Waals surface area contributed by atoms with Crippen LogP contribution in [0.15, 0.2) is 24.3 Å². The Labute approximate surface area is 139 Å². The van der Waals surface area contributed by atoms with Crippen LogP contribution < -0.4 is 11.1 Å². The summed E-state index contributed by atoms with van der Waals surface area (Å²) in [4.78, 5) is 25.4. The molecule has 0 atom stereocenters. The third-order valence-electron chi connectivity index (χ3n) is 3.84. The highest BCUT2D eigenvalue weighted by atomic mass is 16.2. The van der Waals surface area contributed by atoms with E-state index < -0.39 is 0 Å². The fourth-order valence-electron chi connectivity index (χ4n) is 2.43. The van der Waals surface area contributed by atoms with Crippen molar-refractivity contribution >= 4 is 17.5 Å². The molecule has 23 heavy (non-hydrogen) atoms. The largest absolute Gasteiger partial charge is 0.339 e. The number of unbranched alkanes of at least 4 members (excludes halogenated alkanes) is 3. The average Bonchev–Trinajstić information content (AvgIpc) is 2.53. The zero-order valence-corrected chi connectivity index (χ0v) is 14.3. The van der Waals surface area contributed by atoms with E-state index in [0.717, 1.165) is 36.9 Å². The first-order valence-electron chi connectivity index (χ1n) is 8.41. The molecule has 3 N–H and O–H groups in total. The van der Waals surface area contributed by atoms with Crippen molar-refractivity contribution in [3.63, 3.8) is 0 Å². The highest BCUT2D eigenvalue weighted by Crippen LogP contribution is 2.18. The first-order chi connectivity index (χ1) is 11.1. The van der Waals surface area contributed by atoms with E-state index in [-0.39, 0.29) is 11.8 Å². The van der Waals surface area contributed by atoms with Gasteiger partial charge in [0.05, 0.1) is 0 Å². The SMILES string of the molecule is CCN(Cc1ccccc1NC(=O)CCCCCCN)C(C)=O. The molecule has 0 aliphatic carbocycles. The molecule has 0 aliphatic rings. The van der Waals surface area contributed by atoms with Gasteiger partial charge >= 0.3 is 0 Å². The number of para-hydroxylation sites is 1. The average molecular weight is 319 g/mol. The number of nitrogens with two attached hydrogens (primary N) is 1. The minimum atomic E-state index is 0.0241. The number of hydrogen-bond donors (Lipinski definition) is 2. The molecular formula is C18H29N3O2. The Kier molecular flexibility index (Phi) is 8.98. The monoisotopic (exact) mass is 319 g/mol. The lowest BCUT2D eigenvalue weighted by Gasteiger charge is -2.21. The van der Waals surface area contributed by atoms with Crippen LogP contribution in [0.25, 0.3) is 0 Å². The lowest BCUT2D eigenvalue weighted by molar-refractivity contribution is -0.129. The summed E-state index contributed by atoms with van der Waals surface area (Å²) in [5, 5.41) is 2.97. The van der Waals surface area contributed by atoms with Gasteiger partial charge in [0.15, 0.2) is 0 Å². The van der Waals surface area contributed by atoms with Crippen molar-refractivity contribution in [2.24, 2.45) is 5.73 Å². The van der Waals surface area contributed by atoms with E-state index in [0.29, 0.717) is 26.1 Å². The number of benzene rings is 1. The van der Waals surface area contributed by atoms with Crippen molar-refractivity contribution < 1.29 is 9.59 Å². The van der Waals surface area contributed by atoms with Gasteiger partial charge in [-0.15, -0.1) is 0 Å². The van der Waals surface area contributed by atoms with E-state index in [1.807, 2.05) is 31.2 Å². The van der Waals surface area contributed by atoms with Crippen molar-refractivity contribution in [2.45, 2.75) is 52.5 Å². The second-order valence-corrected chi connectivity index (χ2v) is 5.69. The molecule has 0 saturated carbocycles. The molecule has 2 amide bonds. The van der Waals surface area contributed by atoms with E-state index in [1.165, 1.54) is 0 Å². The van der Waals surface area contributed by atoms with E-state index >= 15 is 0 Å². The fraction of sp³-hybridized carbons (Fsp3) is 0.556. The maximum Gasteiger partial charge on any atom is 0.224 e. The number of carbonyl (C=O) groups is 2. The normalized spacial score (nSPS) is 10.4. The summed E-state index contributed by atoms with van der Waals surface area (Å²) in [6, 6.07) is 7.65. The Hall–Kier alpha value is -1.88. The summed E-state index contributed by atoms with van der Waals surface area (Å²) in [7, 11) is 0. The molecule has 0 aliphatic heterocycles. The second-order valence-electron chi connectivity index (χ2n) is 5.69. The summed E-state index contributed by atoms with van der Waals surface area (Å²) < 4.78 is 0. The van der Waals surface area contributed by atoms with Gasteiger partial charge in [-0.3, -0.25) is 9.59 Å². The topological polar surface area (TPSA) is 75.4 Å². The molecule has 5 nitrogen and oxygen atoms in total. The fourth-order valence-corrected chi connectivity index (χ4v) is 2.43. The van der Waals surface area contributed by atoms with E-state index in [1.54, 1.807) is 11.8 Å². The van der Waals surface area contributed by atoms with E-state index in [4.69, 9.17) is 5.73 Å². The highest BCUT2D eigenvalue weighted by Gasteiger charge is 2.11. The van der Waals surface area contributed by atoms with Crippen LogP contribution in [0.5, 0.6) is 0 Å². The third-order valence-corrected chi connectivity index (χ3v) is 3.84. The van der Waals surface area contributed by atoms with Gasteiger partial charge in [0, 0.05) is 32.1 Å². The molecule has 0 heterocycles. The maximum atomic E-state index is 12.1. The molecule has 0 unspecified atom stereocenters. The number of amides is 2. The summed E-state index contributed by atoms with van der Waals surface area (Å²) >= 11 is 0. The van der Waals surface area contributed by atoms with E-state index in [9.17, 15) is 9.59 Å². The Morgan fingerprint density at radius 1 is 1.13 bits per heavy atom. The van der Waals surface area contributed by atoms with Gasteiger partial charge in [0.1, 0.15) is 0 Å². The second kappa shape index (κ2) is 10.8. The number of carbonyl (C=O) groups excluding carboxylic acids is 2. The zero-order valence-electron chi connectivity index (χ0n) is 14.3. The third kappa shape index (κ3) is 7.28. The van der Waals surface area contributed by atoms with Crippen molar-refractivity contribution in [1.82, 2.24) is 4.90 Å². The van der Waals surface area contributed by atoms with Crippen LogP contribution in [-0.2, 0) is 16.1 Å². The van der Waals surface area contributed by atoms with Gasteiger partial charge in [-0.1, -0.05) is 31.0 Å². The van der Waals surface area contributed by atoms with Gasteiger partial charge in [-0.2, -0.15) is 0 Å². The molecule has 0 spiro atoms. The smallest absolute Gasteiger partial charge is 0.224 e. The minimum absolute atomic E-state index is 0.0241. The van der Waals surface area contributed by atoms with Gasteiger partial charge in [-0.05, 0) is 37.9 Å². The van der Waals surface area contributed by atoms with Crippen LogP contribution >= 0.6 is 0 Å². The van der Waals surface area contributed by atoms with Crippen LogP contribution in [0.1, 0.15) is 51.5 Å². The number of rotatable bonds is 10. The maximum absolute atomic E-state index is 12.1. The van der Waals surface area contributed by atoms with Crippen LogP contribution in [0, 0.1) is 0 Å². The zero-order chi connectivity index (χ0) is 17.1. The van der Waals surface area contributed by atoms with Crippen molar-refractivity contribution in [2.75, 3.05) is 18.4 Å². The van der Waals surface area contributed by atoms with Crippen LogP contribution in [0.3, 0.4) is 0 Å². The van der Waals surface area contributed by atoms with Crippen molar-refractivity contribution in [1.29, 1.82) is 0 Å². The Bertz CT molecular complexity index is 503. The molecule has 1 rings (SSSR count). The minimum Gasteiger partial charge on any atom is -0.339 e. The molecule has 0 saturated heterocycles. The molecule has 128 valence electrons. The van der Waals surface area contributed by atoms with Gasteiger partial charge in [-0.25, -0.2) is 0 Å². The van der Waals surface area contributed by atoms with Crippen LogP contribution in [-0.4, -0.2) is 29.8 Å². The highest BCUT2D eigenvalue weighted by molar-refractivity contribution is 5.91. The first kappa shape index (κ1) is 19.2. The summed E-state index contributed by atoms with van der Waals surface area (Å²) in [6.07, 6.45) is 4.51. The molecule has 1 aromatic carbocycles. The van der Waals surface area contributed by atoms with Crippen LogP contribution in [0.2, 0.25) is 0 Å². The standard InChI is InChI=1S/C18H29N3O2/c1-3-21(15(2)22)14-16-10-7-8-11-17(16)20-18(23)12-6-4-5-9-13-19/h7-8,10-11H,3-6,9,12-14,19H2,1-2H3,(H,20,23). The summed E-state index contributed by atoms with van der Waals surface area (Å²) in [5.41, 5.74) is 7.20.